The first-order chi connectivity index (χ1) is 10.4. The molecule has 0 radical (unpaired) electrons. The normalized spacial score (nSPS) is 23.7. The molecule has 0 aromatic rings. The van der Waals surface area contributed by atoms with Gasteiger partial charge in [-0.25, -0.2) is 0 Å². The van der Waals surface area contributed by atoms with Crippen molar-refractivity contribution in [1.82, 2.24) is 15.5 Å². The van der Waals surface area contributed by atoms with Crippen LogP contribution in [-0.4, -0.2) is 47.7 Å². The summed E-state index contributed by atoms with van der Waals surface area (Å²) < 4.78 is 0. The lowest BCUT2D eigenvalue weighted by atomic mass is 9.85. The zero-order chi connectivity index (χ0) is 16.3. The Labute approximate surface area is 129 Å². The molecule has 0 aromatic carbocycles. The maximum atomic E-state index is 12.2. The number of amides is 4. The number of allylic oxidation sites excluding steroid dienone is 2. The smallest absolute Gasteiger partial charge is 0.240 e. The Morgan fingerprint density at radius 1 is 1.14 bits per heavy atom. The highest BCUT2D eigenvalue weighted by atomic mass is 16.2. The van der Waals surface area contributed by atoms with Crippen molar-refractivity contribution >= 4 is 23.6 Å². The predicted octanol–water partition coefficient (Wildman–Crippen LogP) is -0.422. The quantitative estimate of drug-likeness (QED) is 0.532. The Morgan fingerprint density at radius 2 is 1.68 bits per heavy atom. The molecular weight excluding hydrogens is 286 g/mol. The lowest BCUT2D eigenvalue weighted by molar-refractivity contribution is -0.143. The molecule has 1 aliphatic heterocycles. The summed E-state index contributed by atoms with van der Waals surface area (Å²) in [4.78, 5) is 48.7. The molecule has 0 bridgehead atoms. The molecule has 1 heterocycles. The number of imide groups is 1. The highest BCUT2D eigenvalue weighted by molar-refractivity contribution is 6.07. The van der Waals surface area contributed by atoms with Crippen LogP contribution in [0.3, 0.4) is 0 Å². The number of rotatable bonds is 5. The van der Waals surface area contributed by atoms with E-state index in [4.69, 9.17) is 0 Å². The lowest BCUT2D eigenvalue weighted by Gasteiger charge is -2.14. The molecule has 1 fully saturated rings. The van der Waals surface area contributed by atoms with E-state index in [1.807, 2.05) is 26.0 Å². The van der Waals surface area contributed by atoms with Gasteiger partial charge in [0, 0.05) is 6.04 Å². The Hall–Kier alpha value is -2.18. The van der Waals surface area contributed by atoms with E-state index in [9.17, 15) is 19.2 Å². The van der Waals surface area contributed by atoms with Gasteiger partial charge >= 0.3 is 0 Å². The molecule has 2 rings (SSSR count). The number of carbonyl (C=O) groups excluding carboxylic acids is 4. The number of likely N-dealkylation sites (tertiary alicyclic amines) is 1. The summed E-state index contributed by atoms with van der Waals surface area (Å²) >= 11 is 0. The minimum atomic E-state index is -0.507. The summed E-state index contributed by atoms with van der Waals surface area (Å²) in [6, 6.07) is -0.0123. The topological polar surface area (TPSA) is 95.6 Å². The molecule has 1 saturated heterocycles. The Balaban J connectivity index is 1.85. The van der Waals surface area contributed by atoms with E-state index in [2.05, 4.69) is 10.6 Å². The van der Waals surface area contributed by atoms with Gasteiger partial charge in [0.15, 0.2) is 0 Å². The molecule has 2 atom stereocenters. The summed E-state index contributed by atoms with van der Waals surface area (Å²) in [5, 5.41) is 5.06. The van der Waals surface area contributed by atoms with Gasteiger partial charge < -0.3 is 10.6 Å². The summed E-state index contributed by atoms with van der Waals surface area (Å²) in [6.07, 6.45) is 4.88. The molecular formula is C15H21N3O4. The van der Waals surface area contributed by atoms with E-state index in [1.165, 1.54) is 0 Å². The molecule has 0 saturated carbocycles. The number of nitrogens with zero attached hydrogens (tertiary/aromatic N) is 1. The highest BCUT2D eigenvalue weighted by Gasteiger charge is 2.47. The Bertz CT molecular complexity index is 501. The fourth-order valence-corrected chi connectivity index (χ4v) is 2.78. The van der Waals surface area contributed by atoms with E-state index in [1.54, 1.807) is 0 Å². The van der Waals surface area contributed by atoms with Crippen LogP contribution in [0.1, 0.15) is 26.7 Å². The molecule has 7 nitrogen and oxygen atoms in total. The molecule has 120 valence electrons. The van der Waals surface area contributed by atoms with Crippen molar-refractivity contribution in [2.75, 3.05) is 13.1 Å². The van der Waals surface area contributed by atoms with Crippen molar-refractivity contribution in [3.8, 4) is 0 Å². The average molecular weight is 307 g/mol. The lowest BCUT2D eigenvalue weighted by Crippen LogP contribution is -2.45. The minimum Gasteiger partial charge on any atom is -0.352 e. The minimum absolute atomic E-state index is 0.0123. The maximum absolute atomic E-state index is 12.2. The maximum Gasteiger partial charge on any atom is 0.240 e. The largest absolute Gasteiger partial charge is 0.352 e. The molecule has 7 heteroatoms. The Morgan fingerprint density at radius 3 is 2.18 bits per heavy atom. The third-order valence-corrected chi connectivity index (χ3v) is 3.80. The molecule has 0 aromatic heterocycles. The second-order valence-corrected chi connectivity index (χ2v) is 5.92. The third kappa shape index (κ3) is 3.52. The van der Waals surface area contributed by atoms with Crippen LogP contribution < -0.4 is 10.6 Å². The van der Waals surface area contributed by atoms with Gasteiger partial charge in [-0.2, -0.15) is 0 Å². The van der Waals surface area contributed by atoms with Gasteiger partial charge in [-0.15, -0.1) is 0 Å². The van der Waals surface area contributed by atoms with Crippen LogP contribution >= 0.6 is 0 Å². The van der Waals surface area contributed by atoms with Gasteiger partial charge in [0.25, 0.3) is 0 Å². The van der Waals surface area contributed by atoms with Gasteiger partial charge in [0.2, 0.25) is 23.6 Å². The van der Waals surface area contributed by atoms with Crippen molar-refractivity contribution in [2.24, 2.45) is 11.8 Å². The number of carbonyl (C=O) groups is 4. The average Bonchev–Trinajstić information content (AvgIpc) is 2.70. The molecule has 4 amide bonds. The standard InChI is InChI=1S/C15H21N3O4/c1-9(2)17-12(19)7-16-13(20)8-18-14(21)10-5-3-4-6-11(10)15(18)22/h3-4,9-11H,5-8H2,1-2H3,(H,16,20)(H,17,19)/t10-,11-/m0/s1. The monoisotopic (exact) mass is 307 g/mol. The van der Waals surface area contributed by atoms with Crippen LogP contribution in [-0.2, 0) is 19.2 Å². The van der Waals surface area contributed by atoms with Crippen LogP contribution in [0.2, 0.25) is 0 Å². The zero-order valence-corrected chi connectivity index (χ0v) is 12.8. The van der Waals surface area contributed by atoms with Crippen LogP contribution in [0.15, 0.2) is 12.2 Å². The second-order valence-electron chi connectivity index (χ2n) is 5.92. The van der Waals surface area contributed by atoms with E-state index >= 15 is 0 Å². The number of fused-ring (bicyclic) bond motifs is 1. The first-order valence-electron chi connectivity index (χ1n) is 7.46. The summed E-state index contributed by atoms with van der Waals surface area (Å²) in [7, 11) is 0. The molecule has 2 aliphatic rings. The van der Waals surface area contributed by atoms with Gasteiger partial charge in [-0.1, -0.05) is 12.2 Å². The number of hydrogen-bond donors (Lipinski definition) is 2. The Kier molecular flexibility index (Phi) is 4.95. The fourth-order valence-electron chi connectivity index (χ4n) is 2.78. The first kappa shape index (κ1) is 16.2. The second kappa shape index (κ2) is 6.72. The number of nitrogens with one attached hydrogen (secondary N) is 2. The van der Waals surface area contributed by atoms with Crippen LogP contribution in [0, 0.1) is 11.8 Å². The molecule has 2 N–H and O–H groups in total. The van der Waals surface area contributed by atoms with E-state index < -0.39 is 5.91 Å². The molecule has 1 aliphatic carbocycles. The number of hydrogen-bond acceptors (Lipinski definition) is 4. The van der Waals surface area contributed by atoms with Crippen molar-refractivity contribution in [3.63, 3.8) is 0 Å². The highest BCUT2D eigenvalue weighted by Crippen LogP contribution is 2.34. The summed E-state index contributed by atoms with van der Waals surface area (Å²) in [5.74, 6) is -2.07. The third-order valence-electron chi connectivity index (χ3n) is 3.80. The van der Waals surface area contributed by atoms with Gasteiger partial charge in [-0.05, 0) is 26.7 Å². The summed E-state index contributed by atoms with van der Waals surface area (Å²) in [5.41, 5.74) is 0. The van der Waals surface area contributed by atoms with Crippen molar-refractivity contribution in [3.05, 3.63) is 12.2 Å². The van der Waals surface area contributed by atoms with Crippen molar-refractivity contribution in [1.29, 1.82) is 0 Å². The summed E-state index contributed by atoms with van der Waals surface area (Å²) in [6.45, 7) is 3.15. The predicted molar refractivity (Wildman–Crippen MR) is 78.4 cm³/mol. The van der Waals surface area contributed by atoms with Crippen LogP contribution in [0.25, 0.3) is 0 Å². The van der Waals surface area contributed by atoms with E-state index in [0.29, 0.717) is 12.8 Å². The fraction of sp³-hybridized carbons (Fsp3) is 0.600. The molecule has 0 unspecified atom stereocenters. The zero-order valence-electron chi connectivity index (χ0n) is 12.8. The van der Waals surface area contributed by atoms with Crippen molar-refractivity contribution < 1.29 is 19.2 Å². The van der Waals surface area contributed by atoms with Crippen LogP contribution in [0.5, 0.6) is 0 Å². The molecule has 22 heavy (non-hydrogen) atoms. The van der Waals surface area contributed by atoms with E-state index in [0.717, 1.165) is 4.90 Å². The SMILES string of the molecule is CC(C)NC(=O)CNC(=O)CN1C(=O)[C@H]2CC=CC[C@@H]2C1=O. The molecule has 0 spiro atoms. The van der Waals surface area contributed by atoms with Gasteiger partial charge in [-0.3, -0.25) is 24.1 Å². The first-order valence-corrected chi connectivity index (χ1v) is 7.46. The van der Waals surface area contributed by atoms with Gasteiger partial charge in [0.1, 0.15) is 6.54 Å². The van der Waals surface area contributed by atoms with Crippen LogP contribution in [0.4, 0.5) is 0 Å². The van der Waals surface area contributed by atoms with E-state index in [-0.39, 0.29) is 48.7 Å². The van der Waals surface area contributed by atoms with Crippen molar-refractivity contribution in [2.45, 2.75) is 32.7 Å². The van der Waals surface area contributed by atoms with Gasteiger partial charge in [0.05, 0.1) is 18.4 Å².